The predicted octanol–water partition coefficient (Wildman–Crippen LogP) is 2.57. The molecule has 0 unspecified atom stereocenters. The Hall–Kier alpha value is -1.95. The van der Waals surface area contributed by atoms with E-state index in [4.69, 9.17) is 22.1 Å². The van der Waals surface area contributed by atoms with Gasteiger partial charge in [0.25, 0.3) is 5.91 Å². The van der Waals surface area contributed by atoms with Gasteiger partial charge < -0.3 is 21.1 Å². The minimum Gasteiger partial charge on any atom is -0.444 e. The van der Waals surface area contributed by atoms with E-state index in [1.54, 1.807) is 39.0 Å². The van der Waals surface area contributed by atoms with Crippen LogP contribution in [0.5, 0.6) is 0 Å². The van der Waals surface area contributed by atoms with Gasteiger partial charge in [-0.3, -0.25) is 4.79 Å². The Kier molecular flexibility index (Phi) is 6.49. The van der Waals surface area contributed by atoms with Gasteiger partial charge in [-0.2, -0.15) is 0 Å². The van der Waals surface area contributed by atoms with Gasteiger partial charge in [-0.1, -0.05) is 17.7 Å². The number of carbonyl (C=O) groups excluding carboxylic acids is 2. The summed E-state index contributed by atoms with van der Waals surface area (Å²) < 4.78 is 5.09. The van der Waals surface area contributed by atoms with Crippen LogP contribution in [0.4, 0.5) is 10.5 Å². The summed E-state index contributed by atoms with van der Waals surface area (Å²) in [7, 11) is 0. The number of benzene rings is 1. The minimum atomic E-state index is -0.526. The molecule has 0 radical (unpaired) electrons. The van der Waals surface area contributed by atoms with Crippen molar-refractivity contribution >= 4 is 29.3 Å². The fourth-order valence-electron chi connectivity index (χ4n) is 1.62. The van der Waals surface area contributed by atoms with Gasteiger partial charge in [-0.05, 0) is 39.3 Å². The van der Waals surface area contributed by atoms with Crippen LogP contribution in [0.25, 0.3) is 0 Å². The molecule has 0 aliphatic carbocycles. The van der Waals surface area contributed by atoms with Crippen LogP contribution in [0.15, 0.2) is 18.2 Å². The van der Waals surface area contributed by atoms with Crippen molar-refractivity contribution in [3.8, 4) is 0 Å². The highest BCUT2D eigenvalue weighted by Gasteiger charge is 2.15. The Bertz CT molecular complexity index is 541. The van der Waals surface area contributed by atoms with Crippen LogP contribution in [0.1, 0.15) is 37.6 Å². The predicted molar refractivity (Wildman–Crippen MR) is 87.1 cm³/mol. The summed E-state index contributed by atoms with van der Waals surface area (Å²) in [6, 6.07) is 4.90. The average molecular weight is 328 g/mol. The highest BCUT2D eigenvalue weighted by molar-refractivity contribution is 6.36. The van der Waals surface area contributed by atoms with E-state index in [0.29, 0.717) is 30.8 Å². The molecule has 0 aromatic heterocycles. The Morgan fingerprint density at radius 2 is 1.86 bits per heavy atom. The first-order valence-corrected chi connectivity index (χ1v) is 7.37. The molecule has 0 heterocycles. The third-order valence-corrected chi connectivity index (χ3v) is 3.00. The lowest BCUT2D eigenvalue weighted by molar-refractivity contribution is 0.0527. The lowest BCUT2D eigenvalue weighted by Gasteiger charge is -2.19. The lowest BCUT2D eigenvalue weighted by Crippen LogP contribution is -2.34. The van der Waals surface area contributed by atoms with Gasteiger partial charge >= 0.3 is 6.09 Å². The zero-order valence-electron chi connectivity index (χ0n) is 13.0. The summed E-state index contributed by atoms with van der Waals surface area (Å²) in [4.78, 5) is 23.3. The SMILES string of the molecule is CC(C)(C)OC(=O)NCCCNC(=O)c1cccc(N)c1Cl. The van der Waals surface area contributed by atoms with Crippen LogP contribution in [0, 0.1) is 0 Å². The van der Waals surface area contributed by atoms with Gasteiger partial charge in [0, 0.05) is 13.1 Å². The van der Waals surface area contributed by atoms with E-state index in [1.165, 1.54) is 0 Å². The van der Waals surface area contributed by atoms with E-state index in [-0.39, 0.29) is 10.9 Å². The number of nitrogens with two attached hydrogens (primary N) is 1. The number of carbonyl (C=O) groups is 2. The van der Waals surface area contributed by atoms with Crippen molar-refractivity contribution in [1.82, 2.24) is 10.6 Å². The van der Waals surface area contributed by atoms with Gasteiger partial charge in [-0.15, -0.1) is 0 Å². The van der Waals surface area contributed by atoms with E-state index >= 15 is 0 Å². The van der Waals surface area contributed by atoms with Crippen molar-refractivity contribution in [3.63, 3.8) is 0 Å². The zero-order chi connectivity index (χ0) is 16.8. The molecule has 1 rings (SSSR count). The van der Waals surface area contributed by atoms with E-state index in [9.17, 15) is 9.59 Å². The maximum atomic E-state index is 11.9. The summed E-state index contributed by atoms with van der Waals surface area (Å²) in [5.74, 6) is -0.297. The smallest absolute Gasteiger partial charge is 0.407 e. The number of amides is 2. The number of nitrogen functional groups attached to an aromatic ring is 1. The Morgan fingerprint density at radius 1 is 1.23 bits per heavy atom. The van der Waals surface area contributed by atoms with E-state index in [2.05, 4.69) is 10.6 Å². The highest BCUT2D eigenvalue weighted by atomic mass is 35.5. The molecule has 0 saturated carbocycles. The first-order chi connectivity index (χ1) is 10.2. The van der Waals surface area contributed by atoms with Crippen LogP contribution in [-0.4, -0.2) is 30.7 Å². The number of ether oxygens (including phenoxy) is 1. The maximum Gasteiger partial charge on any atom is 0.407 e. The van der Waals surface area contributed by atoms with Crippen LogP contribution in [0.3, 0.4) is 0 Å². The molecule has 0 aliphatic heterocycles. The van der Waals surface area contributed by atoms with Crippen molar-refractivity contribution in [1.29, 1.82) is 0 Å². The van der Waals surface area contributed by atoms with Gasteiger partial charge in [0.2, 0.25) is 0 Å². The summed E-state index contributed by atoms with van der Waals surface area (Å²) in [6.45, 7) is 6.19. The molecule has 7 heteroatoms. The molecule has 0 atom stereocenters. The second-order valence-corrected chi connectivity index (χ2v) is 6.12. The molecule has 0 spiro atoms. The molecule has 0 saturated heterocycles. The number of halogens is 1. The largest absolute Gasteiger partial charge is 0.444 e. The molecule has 0 aliphatic rings. The van der Waals surface area contributed by atoms with Gasteiger partial charge in [0.1, 0.15) is 5.60 Å². The molecule has 0 bridgehead atoms. The molecule has 1 aromatic carbocycles. The van der Waals surface area contributed by atoms with Crippen molar-refractivity contribution in [2.45, 2.75) is 32.8 Å². The maximum absolute atomic E-state index is 11.9. The van der Waals surface area contributed by atoms with E-state index < -0.39 is 11.7 Å². The molecule has 0 fully saturated rings. The molecule has 4 N–H and O–H groups in total. The van der Waals surface area contributed by atoms with Crippen LogP contribution >= 0.6 is 11.6 Å². The first kappa shape index (κ1) is 18.1. The second-order valence-electron chi connectivity index (χ2n) is 5.75. The fraction of sp³-hybridized carbons (Fsp3) is 0.467. The number of alkyl carbamates (subject to hydrolysis) is 1. The molecule has 22 heavy (non-hydrogen) atoms. The van der Waals surface area contributed by atoms with Crippen molar-refractivity contribution in [2.24, 2.45) is 0 Å². The summed E-state index contributed by atoms with van der Waals surface area (Å²) in [5.41, 5.74) is 5.82. The topological polar surface area (TPSA) is 93.5 Å². The molecule has 2 amide bonds. The van der Waals surface area contributed by atoms with Crippen LogP contribution < -0.4 is 16.4 Å². The molecule has 1 aromatic rings. The lowest BCUT2D eigenvalue weighted by atomic mass is 10.2. The number of nitrogens with one attached hydrogen (secondary N) is 2. The summed E-state index contributed by atoms with van der Waals surface area (Å²) in [6.07, 6.45) is 0.1000. The average Bonchev–Trinajstić information content (AvgIpc) is 2.39. The van der Waals surface area contributed by atoms with Crippen LogP contribution in [0.2, 0.25) is 5.02 Å². The van der Waals surface area contributed by atoms with Gasteiger partial charge in [-0.25, -0.2) is 4.79 Å². The standard InChI is InChI=1S/C15H22ClN3O3/c1-15(2,3)22-14(21)19-9-5-8-18-13(20)10-6-4-7-11(17)12(10)16/h4,6-7H,5,8-9,17H2,1-3H3,(H,18,20)(H,19,21). The number of rotatable bonds is 5. The summed E-state index contributed by atoms with van der Waals surface area (Å²) >= 11 is 5.97. The normalized spacial score (nSPS) is 10.9. The molecule has 6 nitrogen and oxygen atoms in total. The van der Waals surface area contributed by atoms with Crippen molar-refractivity contribution in [2.75, 3.05) is 18.8 Å². The minimum absolute atomic E-state index is 0.242. The van der Waals surface area contributed by atoms with Gasteiger partial charge in [0.05, 0.1) is 16.3 Å². The highest BCUT2D eigenvalue weighted by Crippen LogP contribution is 2.22. The van der Waals surface area contributed by atoms with E-state index in [0.717, 1.165) is 0 Å². The third-order valence-electron chi connectivity index (χ3n) is 2.58. The van der Waals surface area contributed by atoms with Gasteiger partial charge in [0.15, 0.2) is 0 Å². The molecular weight excluding hydrogens is 306 g/mol. The van der Waals surface area contributed by atoms with E-state index in [1.807, 2.05) is 0 Å². The van der Waals surface area contributed by atoms with Crippen molar-refractivity contribution in [3.05, 3.63) is 28.8 Å². The summed E-state index contributed by atoms with van der Waals surface area (Å²) in [5, 5.41) is 5.58. The quantitative estimate of drug-likeness (QED) is 0.572. The monoisotopic (exact) mass is 327 g/mol. The number of hydrogen-bond donors (Lipinski definition) is 3. The van der Waals surface area contributed by atoms with Crippen LogP contribution in [-0.2, 0) is 4.74 Å². The molecular formula is C15H22ClN3O3. The van der Waals surface area contributed by atoms with Crippen molar-refractivity contribution < 1.29 is 14.3 Å². The Labute approximate surface area is 135 Å². The zero-order valence-corrected chi connectivity index (χ0v) is 13.8. The Balaban J connectivity index is 2.29. The Morgan fingerprint density at radius 3 is 2.50 bits per heavy atom. The fourth-order valence-corrected chi connectivity index (χ4v) is 1.83. The molecule has 122 valence electrons. The number of anilines is 1. The third kappa shape index (κ3) is 6.22. The number of hydrogen-bond acceptors (Lipinski definition) is 4. The second kappa shape index (κ2) is 7.89. The first-order valence-electron chi connectivity index (χ1n) is 7.00.